The van der Waals surface area contributed by atoms with Crippen molar-refractivity contribution in [1.82, 2.24) is 9.97 Å². The van der Waals surface area contributed by atoms with E-state index < -0.39 is 0 Å². The number of benzene rings is 1. The molecule has 0 saturated heterocycles. The van der Waals surface area contributed by atoms with Crippen LogP contribution in [0.2, 0.25) is 0 Å². The fraction of sp³-hybridized carbons (Fsp3) is 0.421. The Morgan fingerprint density at radius 3 is 2.50 bits per heavy atom. The second-order valence-electron chi connectivity index (χ2n) is 6.29. The Morgan fingerprint density at radius 1 is 1.12 bits per heavy atom. The highest BCUT2D eigenvalue weighted by molar-refractivity contribution is 5.47. The Labute approximate surface area is 142 Å². The van der Waals surface area contributed by atoms with E-state index in [9.17, 15) is 5.26 Å². The molecule has 1 aliphatic rings. The first kappa shape index (κ1) is 16.3. The van der Waals surface area contributed by atoms with Crippen LogP contribution in [0.1, 0.15) is 43.4 Å². The molecule has 1 saturated carbocycles. The molecular weight excluding hydrogens is 300 g/mol. The molecule has 1 heterocycles. The molecule has 0 amide bonds. The summed E-state index contributed by atoms with van der Waals surface area (Å²) in [7, 11) is 1.68. The first-order chi connectivity index (χ1) is 11.8. The zero-order valence-corrected chi connectivity index (χ0v) is 14.0. The summed E-state index contributed by atoms with van der Waals surface area (Å²) in [6, 6.07) is 10.5. The van der Waals surface area contributed by atoms with Gasteiger partial charge < -0.3 is 10.1 Å². The molecule has 1 N–H and O–H groups in total. The SMILES string of the molecule is COc1ccc(C2(CNc3nccnc3C#N)CCCCC2)cc1. The Bertz CT molecular complexity index is 715. The maximum Gasteiger partial charge on any atom is 0.182 e. The maximum absolute atomic E-state index is 9.19. The lowest BCUT2D eigenvalue weighted by Gasteiger charge is -2.38. The molecule has 5 heteroatoms. The molecule has 5 nitrogen and oxygen atoms in total. The number of nitrogens with zero attached hydrogens (tertiary/aromatic N) is 3. The number of anilines is 1. The summed E-state index contributed by atoms with van der Waals surface area (Å²) in [5, 5.41) is 12.6. The van der Waals surface area contributed by atoms with E-state index in [1.54, 1.807) is 19.5 Å². The van der Waals surface area contributed by atoms with Gasteiger partial charge in [0.15, 0.2) is 11.5 Å². The molecule has 0 bridgehead atoms. The van der Waals surface area contributed by atoms with Crippen molar-refractivity contribution in [2.75, 3.05) is 19.0 Å². The van der Waals surface area contributed by atoms with Crippen LogP contribution in [0.5, 0.6) is 5.75 Å². The van der Waals surface area contributed by atoms with Gasteiger partial charge in [0.1, 0.15) is 11.8 Å². The van der Waals surface area contributed by atoms with Gasteiger partial charge in [-0.1, -0.05) is 31.4 Å². The first-order valence-corrected chi connectivity index (χ1v) is 8.37. The van der Waals surface area contributed by atoms with Gasteiger partial charge >= 0.3 is 0 Å². The van der Waals surface area contributed by atoms with Gasteiger partial charge in [-0.3, -0.25) is 0 Å². The Kier molecular flexibility index (Phi) is 4.95. The van der Waals surface area contributed by atoms with Gasteiger partial charge in [0, 0.05) is 24.4 Å². The highest BCUT2D eigenvalue weighted by atomic mass is 16.5. The highest BCUT2D eigenvalue weighted by Crippen LogP contribution is 2.40. The van der Waals surface area contributed by atoms with E-state index in [1.165, 1.54) is 24.8 Å². The van der Waals surface area contributed by atoms with Gasteiger partial charge in [0.2, 0.25) is 0 Å². The van der Waals surface area contributed by atoms with Gasteiger partial charge in [0.25, 0.3) is 0 Å². The lowest BCUT2D eigenvalue weighted by atomic mass is 9.69. The number of aromatic nitrogens is 2. The van der Waals surface area contributed by atoms with Crippen LogP contribution >= 0.6 is 0 Å². The van der Waals surface area contributed by atoms with E-state index in [-0.39, 0.29) is 5.41 Å². The van der Waals surface area contributed by atoms with Crippen molar-refractivity contribution in [2.45, 2.75) is 37.5 Å². The lowest BCUT2D eigenvalue weighted by Crippen LogP contribution is -2.36. The molecule has 1 fully saturated rings. The maximum atomic E-state index is 9.19. The van der Waals surface area contributed by atoms with Gasteiger partial charge in [-0.2, -0.15) is 5.26 Å². The normalized spacial score (nSPS) is 16.2. The predicted octanol–water partition coefficient (Wildman–Crippen LogP) is 3.67. The van der Waals surface area contributed by atoms with Crippen LogP contribution in [0.4, 0.5) is 5.82 Å². The second kappa shape index (κ2) is 7.31. The first-order valence-electron chi connectivity index (χ1n) is 8.37. The summed E-state index contributed by atoms with van der Waals surface area (Å²) in [6.45, 7) is 0.757. The molecule has 1 aliphatic carbocycles. The minimum absolute atomic E-state index is 0.0643. The average molecular weight is 322 g/mol. The van der Waals surface area contributed by atoms with Gasteiger partial charge in [-0.15, -0.1) is 0 Å². The highest BCUT2D eigenvalue weighted by Gasteiger charge is 2.34. The lowest BCUT2D eigenvalue weighted by molar-refractivity contribution is 0.307. The Morgan fingerprint density at radius 2 is 1.83 bits per heavy atom. The van der Waals surface area contributed by atoms with Crippen LogP contribution in [-0.4, -0.2) is 23.6 Å². The second-order valence-corrected chi connectivity index (χ2v) is 6.29. The van der Waals surface area contributed by atoms with Crippen LogP contribution in [0, 0.1) is 11.3 Å². The smallest absolute Gasteiger partial charge is 0.182 e. The van der Waals surface area contributed by atoms with E-state index in [0.29, 0.717) is 11.5 Å². The quantitative estimate of drug-likeness (QED) is 0.909. The Hall–Kier alpha value is -2.61. The van der Waals surface area contributed by atoms with Crippen LogP contribution in [-0.2, 0) is 5.41 Å². The monoisotopic (exact) mass is 322 g/mol. The van der Waals surface area contributed by atoms with Crippen molar-refractivity contribution >= 4 is 5.82 Å². The van der Waals surface area contributed by atoms with Crippen molar-refractivity contribution in [3.05, 3.63) is 47.9 Å². The summed E-state index contributed by atoms with van der Waals surface area (Å²) in [5.41, 5.74) is 1.73. The molecule has 24 heavy (non-hydrogen) atoms. The average Bonchev–Trinajstić information content (AvgIpc) is 2.67. The minimum Gasteiger partial charge on any atom is -0.497 e. The van der Waals surface area contributed by atoms with Crippen molar-refractivity contribution in [3.63, 3.8) is 0 Å². The molecule has 1 aromatic heterocycles. The number of nitriles is 1. The number of hydrogen-bond acceptors (Lipinski definition) is 5. The zero-order valence-electron chi connectivity index (χ0n) is 14.0. The van der Waals surface area contributed by atoms with Gasteiger partial charge in [0.05, 0.1) is 7.11 Å². The van der Waals surface area contributed by atoms with Crippen LogP contribution in [0.25, 0.3) is 0 Å². The number of nitrogens with one attached hydrogen (secondary N) is 1. The Balaban J connectivity index is 1.84. The van der Waals surface area contributed by atoms with E-state index in [4.69, 9.17) is 4.74 Å². The third kappa shape index (κ3) is 3.33. The van der Waals surface area contributed by atoms with Crippen molar-refractivity contribution in [2.24, 2.45) is 0 Å². The third-order valence-electron chi connectivity index (χ3n) is 4.91. The summed E-state index contributed by atoms with van der Waals surface area (Å²) in [6.07, 6.45) is 9.15. The number of hydrogen-bond donors (Lipinski definition) is 1. The third-order valence-corrected chi connectivity index (χ3v) is 4.91. The van der Waals surface area contributed by atoms with Crippen molar-refractivity contribution in [1.29, 1.82) is 5.26 Å². The fourth-order valence-electron chi connectivity index (χ4n) is 3.54. The van der Waals surface area contributed by atoms with Crippen molar-refractivity contribution < 1.29 is 4.74 Å². The molecular formula is C19H22N4O. The van der Waals surface area contributed by atoms with Crippen molar-refractivity contribution in [3.8, 4) is 11.8 Å². The number of methoxy groups -OCH3 is 1. The molecule has 0 unspecified atom stereocenters. The molecule has 0 aliphatic heterocycles. The molecule has 0 spiro atoms. The molecule has 1 aromatic carbocycles. The molecule has 2 aromatic rings. The van der Waals surface area contributed by atoms with E-state index >= 15 is 0 Å². The van der Waals surface area contributed by atoms with E-state index in [2.05, 4.69) is 33.5 Å². The summed E-state index contributed by atoms with van der Waals surface area (Å²) < 4.78 is 5.28. The van der Waals surface area contributed by atoms with Gasteiger partial charge in [-0.25, -0.2) is 9.97 Å². The summed E-state index contributed by atoms with van der Waals surface area (Å²) in [4.78, 5) is 8.35. The van der Waals surface area contributed by atoms with E-state index in [0.717, 1.165) is 25.1 Å². The molecule has 0 radical (unpaired) electrons. The molecule has 124 valence electrons. The molecule has 3 rings (SSSR count). The molecule has 0 atom stereocenters. The van der Waals surface area contributed by atoms with Gasteiger partial charge in [-0.05, 0) is 30.5 Å². The zero-order chi connectivity index (χ0) is 16.8. The summed E-state index contributed by atoms with van der Waals surface area (Å²) >= 11 is 0. The predicted molar refractivity (Wildman–Crippen MR) is 93.0 cm³/mol. The topological polar surface area (TPSA) is 70.8 Å². The van der Waals surface area contributed by atoms with Crippen LogP contribution < -0.4 is 10.1 Å². The minimum atomic E-state index is 0.0643. The number of ether oxygens (including phenoxy) is 1. The standard InChI is InChI=1S/C19H22N4O/c1-24-16-7-5-15(6-8-16)19(9-3-2-4-10-19)14-23-18-17(13-20)21-11-12-22-18/h5-8,11-12H,2-4,9-10,14H2,1H3,(H,22,23). The number of rotatable bonds is 5. The fourth-order valence-corrected chi connectivity index (χ4v) is 3.54. The van der Waals surface area contributed by atoms with E-state index in [1.807, 2.05) is 12.1 Å². The largest absolute Gasteiger partial charge is 0.497 e. The van der Waals surface area contributed by atoms with Crippen LogP contribution in [0.15, 0.2) is 36.7 Å². The summed E-state index contributed by atoms with van der Waals surface area (Å²) in [5.74, 6) is 1.44. The van der Waals surface area contributed by atoms with Crippen LogP contribution in [0.3, 0.4) is 0 Å².